The van der Waals surface area contributed by atoms with Gasteiger partial charge in [0.15, 0.2) is 0 Å². The highest BCUT2D eigenvalue weighted by Gasteiger charge is 2.45. The van der Waals surface area contributed by atoms with Crippen LogP contribution in [0.25, 0.3) is 0 Å². The summed E-state index contributed by atoms with van der Waals surface area (Å²) < 4.78 is 4.68. The molecule has 1 atom stereocenters. The predicted octanol–water partition coefficient (Wildman–Crippen LogP) is 1.49. The normalized spacial score (nSPS) is 26.5. The third-order valence-electron chi connectivity index (χ3n) is 2.38. The molecule has 1 rings (SSSR count). The van der Waals surface area contributed by atoms with Gasteiger partial charge in [-0.15, -0.1) is 0 Å². The van der Waals surface area contributed by atoms with Crippen molar-refractivity contribution < 1.29 is 14.4 Å². The van der Waals surface area contributed by atoms with E-state index < -0.39 is 5.60 Å². The number of carbonyl (C=O) groups is 1. The zero-order chi connectivity index (χ0) is 9.90. The predicted molar refractivity (Wildman–Crippen MR) is 48.5 cm³/mol. The molecule has 0 saturated heterocycles. The fourth-order valence-electron chi connectivity index (χ4n) is 1.36. The molecule has 0 aromatic rings. The van der Waals surface area contributed by atoms with Crippen molar-refractivity contribution in [3.05, 3.63) is 0 Å². The molecule has 13 heavy (non-hydrogen) atoms. The van der Waals surface area contributed by atoms with E-state index in [0.717, 1.165) is 12.1 Å². The van der Waals surface area contributed by atoms with Crippen LogP contribution in [0.3, 0.4) is 0 Å². The molecule has 0 spiro atoms. The summed E-state index contributed by atoms with van der Waals surface area (Å²) in [7, 11) is 1.37. The van der Waals surface area contributed by atoms with Gasteiger partial charge >= 0.3 is 5.97 Å². The molecule has 0 N–H and O–H groups in total. The first-order chi connectivity index (χ1) is 6.18. The van der Waals surface area contributed by atoms with Crippen LogP contribution in [0.1, 0.15) is 33.1 Å². The molecule has 0 fully saturated rings. The monoisotopic (exact) mass is 185 g/mol. The van der Waals surface area contributed by atoms with Crippen LogP contribution < -0.4 is 0 Å². The second-order valence-electron chi connectivity index (χ2n) is 3.12. The van der Waals surface area contributed by atoms with Crippen molar-refractivity contribution in [2.24, 2.45) is 5.16 Å². The van der Waals surface area contributed by atoms with Crippen molar-refractivity contribution >= 4 is 11.7 Å². The summed E-state index contributed by atoms with van der Waals surface area (Å²) >= 11 is 0. The maximum Gasteiger partial charge on any atom is 0.353 e. The van der Waals surface area contributed by atoms with Gasteiger partial charge in [-0.1, -0.05) is 19.0 Å². The van der Waals surface area contributed by atoms with E-state index in [1.807, 2.05) is 13.8 Å². The molecule has 74 valence electrons. The number of oxime groups is 1. The van der Waals surface area contributed by atoms with Gasteiger partial charge in [0.2, 0.25) is 5.60 Å². The van der Waals surface area contributed by atoms with E-state index in [1.165, 1.54) is 7.11 Å². The molecule has 4 nitrogen and oxygen atoms in total. The SMILES string of the molecule is CCC1=NOC(CC)(C(=O)OC)C1. The second kappa shape index (κ2) is 3.77. The first-order valence-electron chi connectivity index (χ1n) is 4.51. The summed E-state index contributed by atoms with van der Waals surface area (Å²) in [5.74, 6) is -0.331. The maximum atomic E-state index is 11.4. The van der Waals surface area contributed by atoms with Gasteiger partial charge in [-0.2, -0.15) is 0 Å². The van der Waals surface area contributed by atoms with Crippen LogP contribution in [0.4, 0.5) is 0 Å². The van der Waals surface area contributed by atoms with E-state index >= 15 is 0 Å². The Hall–Kier alpha value is -1.06. The van der Waals surface area contributed by atoms with Crippen molar-refractivity contribution in [1.82, 2.24) is 0 Å². The molecule has 0 saturated carbocycles. The van der Waals surface area contributed by atoms with Gasteiger partial charge in [0.05, 0.1) is 12.8 Å². The van der Waals surface area contributed by atoms with E-state index in [0.29, 0.717) is 12.8 Å². The molecule has 1 aliphatic rings. The lowest BCUT2D eigenvalue weighted by atomic mass is 9.94. The second-order valence-corrected chi connectivity index (χ2v) is 3.12. The average Bonchev–Trinajstić information content (AvgIpc) is 2.61. The number of methoxy groups -OCH3 is 1. The number of hydrogen-bond donors (Lipinski definition) is 0. The first kappa shape index (κ1) is 10.0. The van der Waals surface area contributed by atoms with Crippen LogP contribution in [0.15, 0.2) is 5.16 Å². The Morgan fingerprint density at radius 1 is 1.69 bits per heavy atom. The Kier molecular flexibility index (Phi) is 2.90. The minimum atomic E-state index is -0.847. The molecule has 1 aliphatic heterocycles. The molecule has 0 radical (unpaired) electrons. The number of esters is 1. The van der Waals surface area contributed by atoms with Crippen molar-refractivity contribution in [2.75, 3.05) is 7.11 Å². The van der Waals surface area contributed by atoms with Crippen LogP contribution in [-0.4, -0.2) is 24.4 Å². The highest BCUT2D eigenvalue weighted by atomic mass is 16.7. The first-order valence-corrected chi connectivity index (χ1v) is 4.51. The van der Waals surface area contributed by atoms with Crippen molar-refractivity contribution in [3.8, 4) is 0 Å². The summed E-state index contributed by atoms with van der Waals surface area (Å²) in [5.41, 5.74) is 0.0763. The van der Waals surface area contributed by atoms with Crippen molar-refractivity contribution in [1.29, 1.82) is 0 Å². The molecular formula is C9H15NO3. The van der Waals surface area contributed by atoms with Gasteiger partial charge < -0.3 is 9.57 Å². The lowest BCUT2D eigenvalue weighted by molar-refractivity contribution is -0.166. The van der Waals surface area contributed by atoms with Gasteiger partial charge in [-0.3, -0.25) is 0 Å². The summed E-state index contributed by atoms with van der Waals surface area (Å²) in [6, 6.07) is 0. The zero-order valence-electron chi connectivity index (χ0n) is 8.29. The van der Waals surface area contributed by atoms with Crippen LogP contribution in [0, 0.1) is 0 Å². The van der Waals surface area contributed by atoms with E-state index in [1.54, 1.807) is 0 Å². The van der Waals surface area contributed by atoms with Crippen LogP contribution in [0.5, 0.6) is 0 Å². The molecule has 1 heterocycles. The lowest BCUT2D eigenvalue weighted by Gasteiger charge is -2.21. The topological polar surface area (TPSA) is 47.9 Å². The molecule has 0 amide bonds. The summed E-state index contributed by atoms with van der Waals surface area (Å²) in [6.07, 6.45) is 1.97. The number of carbonyl (C=O) groups excluding carboxylic acids is 1. The molecule has 0 aliphatic carbocycles. The summed E-state index contributed by atoms with van der Waals surface area (Å²) in [6.45, 7) is 3.89. The Morgan fingerprint density at radius 2 is 2.38 bits per heavy atom. The summed E-state index contributed by atoms with van der Waals surface area (Å²) in [4.78, 5) is 16.6. The van der Waals surface area contributed by atoms with Gasteiger partial charge in [0.1, 0.15) is 0 Å². The van der Waals surface area contributed by atoms with Crippen LogP contribution >= 0.6 is 0 Å². The Bertz CT molecular complexity index is 237. The van der Waals surface area contributed by atoms with Gasteiger partial charge in [-0.05, 0) is 12.8 Å². The molecule has 0 aromatic heterocycles. The van der Waals surface area contributed by atoms with Crippen molar-refractivity contribution in [2.45, 2.75) is 38.7 Å². The summed E-state index contributed by atoms with van der Waals surface area (Å²) in [5, 5.41) is 3.86. The third-order valence-corrected chi connectivity index (χ3v) is 2.38. The smallest absolute Gasteiger partial charge is 0.353 e. The molecular weight excluding hydrogens is 170 g/mol. The zero-order valence-corrected chi connectivity index (χ0v) is 8.29. The molecule has 0 bridgehead atoms. The quantitative estimate of drug-likeness (QED) is 0.626. The van der Waals surface area contributed by atoms with Crippen molar-refractivity contribution in [3.63, 3.8) is 0 Å². The van der Waals surface area contributed by atoms with Gasteiger partial charge in [0.25, 0.3) is 0 Å². The molecule has 4 heteroatoms. The highest BCUT2D eigenvalue weighted by Crippen LogP contribution is 2.29. The minimum absolute atomic E-state index is 0.331. The maximum absolute atomic E-state index is 11.4. The van der Waals surface area contributed by atoms with E-state index in [-0.39, 0.29) is 5.97 Å². The van der Waals surface area contributed by atoms with Gasteiger partial charge in [0, 0.05) is 6.42 Å². The Morgan fingerprint density at radius 3 is 2.77 bits per heavy atom. The minimum Gasteiger partial charge on any atom is -0.466 e. The number of hydrogen-bond acceptors (Lipinski definition) is 4. The van der Waals surface area contributed by atoms with E-state index in [9.17, 15) is 4.79 Å². The lowest BCUT2D eigenvalue weighted by Crippen LogP contribution is -2.39. The fraction of sp³-hybridized carbons (Fsp3) is 0.778. The van der Waals surface area contributed by atoms with E-state index in [2.05, 4.69) is 9.89 Å². The Labute approximate surface area is 77.9 Å². The standard InChI is InChI=1S/C9H15NO3/c1-4-7-6-9(5-2,13-10-7)8(11)12-3/h4-6H2,1-3H3. The molecule has 0 aromatic carbocycles. The average molecular weight is 185 g/mol. The number of rotatable bonds is 3. The largest absolute Gasteiger partial charge is 0.466 e. The van der Waals surface area contributed by atoms with Crippen LogP contribution in [-0.2, 0) is 14.4 Å². The van der Waals surface area contributed by atoms with Gasteiger partial charge in [-0.25, -0.2) is 4.79 Å². The fourth-order valence-corrected chi connectivity index (χ4v) is 1.36. The van der Waals surface area contributed by atoms with E-state index in [4.69, 9.17) is 4.84 Å². The van der Waals surface area contributed by atoms with Crippen LogP contribution in [0.2, 0.25) is 0 Å². The number of ether oxygens (including phenoxy) is 1. The highest BCUT2D eigenvalue weighted by molar-refractivity contribution is 5.93. The Balaban J connectivity index is 2.72. The molecule has 1 unspecified atom stereocenters. The number of nitrogens with zero attached hydrogens (tertiary/aromatic N) is 1. The third kappa shape index (κ3) is 1.66.